The number of carbonyl (C=O) groups excluding carboxylic acids is 1. The van der Waals surface area contributed by atoms with Crippen LogP contribution in [-0.2, 0) is 0 Å². The van der Waals surface area contributed by atoms with E-state index >= 15 is 0 Å². The van der Waals surface area contributed by atoms with Crippen molar-refractivity contribution in [3.63, 3.8) is 0 Å². The van der Waals surface area contributed by atoms with Gasteiger partial charge in [0.2, 0.25) is 5.78 Å². The third-order valence-electron chi connectivity index (χ3n) is 2.83. The summed E-state index contributed by atoms with van der Waals surface area (Å²) in [4.78, 5) is 16.7. The molecule has 0 bridgehead atoms. The third kappa shape index (κ3) is 2.72. The zero-order chi connectivity index (χ0) is 14.8. The smallest absolute Gasteiger partial charge is 0.229 e. The van der Waals surface area contributed by atoms with Gasteiger partial charge in [0.25, 0.3) is 0 Å². The normalized spacial score (nSPS) is 10.6. The van der Waals surface area contributed by atoms with Crippen LogP contribution in [0.5, 0.6) is 0 Å². The molecule has 21 heavy (non-hydrogen) atoms. The molecule has 104 valence electrons. The molecule has 0 spiro atoms. The zero-order valence-electron chi connectivity index (χ0n) is 10.6. The van der Waals surface area contributed by atoms with Crippen LogP contribution in [0.3, 0.4) is 0 Å². The van der Waals surface area contributed by atoms with E-state index in [4.69, 9.17) is 11.6 Å². The Kier molecular flexibility index (Phi) is 3.81. The second-order valence-electron chi connectivity index (χ2n) is 4.14. The van der Waals surface area contributed by atoms with Crippen molar-refractivity contribution in [2.24, 2.45) is 0 Å². The van der Waals surface area contributed by atoms with E-state index in [0.717, 1.165) is 0 Å². The molecule has 0 atom stereocenters. The van der Waals surface area contributed by atoms with Crippen LogP contribution in [0.2, 0.25) is 5.15 Å². The Balaban J connectivity index is 2.05. The highest BCUT2D eigenvalue weighted by Gasteiger charge is 2.18. The van der Waals surface area contributed by atoms with E-state index in [-0.39, 0.29) is 16.8 Å². The first-order valence-corrected chi connectivity index (χ1v) is 7.16. The van der Waals surface area contributed by atoms with E-state index in [2.05, 4.69) is 31.1 Å². The Hall–Kier alpha value is -2.05. The molecule has 2 heterocycles. The topological polar surface area (TPSA) is 60.7 Å². The Labute approximate surface area is 133 Å². The number of hydrogen-bond donors (Lipinski definition) is 0. The lowest BCUT2D eigenvalue weighted by atomic mass is 10.1. The molecule has 0 N–H and O–H groups in total. The Morgan fingerprint density at radius 3 is 2.67 bits per heavy atom. The van der Waals surface area contributed by atoms with Crippen LogP contribution >= 0.6 is 27.5 Å². The van der Waals surface area contributed by atoms with Crippen molar-refractivity contribution in [2.45, 2.75) is 0 Å². The first-order valence-electron chi connectivity index (χ1n) is 5.99. The molecule has 0 radical (unpaired) electrons. The number of halogens is 2. The summed E-state index contributed by atoms with van der Waals surface area (Å²) in [5.74, 6) is 0.537. The van der Waals surface area contributed by atoms with Gasteiger partial charge in [-0.05, 0) is 24.3 Å². The van der Waals surface area contributed by atoms with Crippen LogP contribution < -0.4 is 0 Å². The van der Waals surface area contributed by atoms with Crippen LogP contribution in [-0.4, -0.2) is 25.5 Å². The van der Waals surface area contributed by atoms with Crippen molar-refractivity contribution in [1.29, 1.82) is 0 Å². The van der Waals surface area contributed by atoms with Gasteiger partial charge in [-0.15, -0.1) is 10.2 Å². The monoisotopic (exact) mass is 362 g/mol. The third-order valence-corrected chi connectivity index (χ3v) is 3.72. The van der Waals surface area contributed by atoms with Gasteiger partial charge in [-0.2, -0.15) is 0 Å². The quantitative estimate of drug-likeness (QED) is 0.670. The number of rotatable bonds is 3. The molecule has 0 amide bonds. The van der Waals surface area contributed by atoms with E-state index in [9.17, 15) is 4.79 Å². The molecular formula is C14H8BrClN4O. The highest BCUT2D eigenvalue weighted by atomic mass is 79.9. The molecule has 1 aromatic carbocycles. The summed E-state index contributed by atoms with van der Waals surface area (Å²) in [6, 6.07) is 10.5. The van der Waals surface area contributed by atoms with Crippen molar-refractivity contribution in [2.75, 3.05) is 0 Å². The van der Waals surface area contributed by atoms with Crippen molar-refractivity contribution in [1.82, 2.24) is 19.7 Å². The maximum atomic E-state index is 12.6. The number of benzene rings is 1. The van der Waals surface area contributed by atoms with Gasteiger partial charge >= 0.3 is 0 Å². The van der Waals surface area contributed by atoms with E-state index in [1.807, 2.05) is 12.1 Å². The SMILES string of the molecule is O=C(c1ccccc1Br)c1nccn1-c1ccc(Cl)nn1. The molecule has 3 rings (SSSR count). The lowest BCUT2D eigenvalue weighted by Crippen LogP contribution is -2.11. The van der Waals surface area contributed by atoms with Crippen molar-refractivity contribution < 1.29 is 4.79 Å². The lowest BCUT2D eigenvalue weighted by Gasteiger charge is -2.06. The molecule has 0 unspecified atom stereocenters. The fourth-order valence-corrected chi connectivity index (χ4v) is 2.43. The average Bonchev–Trinajstić information content (AvgIpc) is 2.97. The van der Waals surface area contributed by atoms with Crippen LogP contribution in [0.1, 0.15) is 16.2 Å². The van der Waals surface area contributed by atoms with Gasteiger partial charge in [-0.1, -0.05) is 39.7 Å². The van der Waals surface area contributed by atoms with Gasteiger partial charge in [0.15, 0.2) is 16.8 Å². The predicted molar refractivity (Wildman–Crippen MR) is 81.7 cm³/mol. The maximum Gasteiger partial charge on any atom is 0.229 e. The number of carbonyl (C=O) groups is 1. The summed E-state index contributed by atoms with van der Waals surface area (Å²) >= 11 is 9.09. The second-order valence-corrected chi connectivity index (χ2v) is 5.39. The Bertz CT molecular complexity index is 801. The van der Waals surface area contributed by atoms with Crippen molar-refractivity contribution in [3.05, 3.63) is 69.8 Å². The summed E-state index contributed by atoms with van der Waals surface area (Å²) in [6.45, 7) is 0. The minimum absolute atomic E-state index is 0.204. The molecule has 0 saturated carbocycles. The van der Waals surface area contributed by atoms with E-state index < -0.39 is 0 Å². The van der Waals surface area contributed by atoms with Gasteiger partial charge in [0, 0.05) is 22.4 Å². The average molecular weight is 364 g/mol. The van der Waals surface area contributed by atoms with Crippen LogP contribution in [0.25, 0.3) is 5.82 Å². The molecule has 5 nitrogen and oxygen atoms in total. The molecule has 0 aliphatic heterocycles. The zero-order valence-corrected chi connectivity index (χ0v) is 12.9. The second kappa shape index (κ2) is 5.75. The number of hydrogen-bond acceptors (Lipinski definition) is 4. The molecule has 0 fully saturated rings. The molecule has 3 aromatic rings. The standard InChI is InChI=1S/C14H8BrClN4O/c15-10-4-2-1-3-9(10)13(21)14-17-7-8-20(14)12-6-5-11(16)18-19-12/h1-8H. The van der Waals surface area contributed by atoms with Gasteiger partial charge in [-0.25, -0.2) is 4.98 Å². The van der Waals surface area contributed by atoms with Crippen molar-refractivity contribution >= 4 is 33.3 Å². The van der Waals surface area contributed by atoms with Crippen molar-refractivity contribution in [3.8, 4) is 5.82 Å². The summed E-state index contributed by atoms with van der Waals surface area (Å²) in [5.41, 5.74) is 0.534. The van der Waals surface area contributed by atoms with Crippen LogP contribution in [0.15, 0.2) is 53.3 Å². The summed E-state index contributed by atoms with van der Waals surface area (Å²) in [7, 11) is 0. The van der Waals surface area contributed by atoms with E-state index in [1.165, 1.54) is 0 Å². The molecule has 0 saturated heterocycles. The number of nitrogens with zero attached hydrogens (tertiary/aromatic N) is 4. The van der Waals surface area contributed by atoms with Gasteiger partial charge in [0.1, 0.15) is 0 Å². The highest BCUT2D eigenvalue weighted by molar-refractivity contribution is 9.10. The van der Waals surface area contributed by atoms with Crippen LogP contribution in [0.4, 0.5) is 0 Å². The van der Waals surface area contributed by atoms with E-state index in [1.54, 1.807) is 41.2 Å². The largest absolute Gasteiger partial charge is 0.285 e. The van der Waals surface area contributed by atoms with E-state index in [0.29, 0.717) is 15.9 Å². The first-order chi connectivity index (χ1) is 10.2. The van der Waals surface area contributed by atoms with Gasteiger partial charge in [-0.3, -0.25) is 9.36 Å². The molecule has 0 aliphatic carbocycles. The molecule has 7 heteroatoms. The highest BCUT2D eigenvalue weighted by Crippen LogP contribution is 2.20. The Morgan fingerprint density at radius 1 is 1.14 bits per heavy atom. The maximum absolute atomic E-state index is 12.6. The van der Waals surface area contributed by atoms with Gasteiger partial charge in [0.05, 0.1) is 0 Å². The number of aromatic nitrogens is 4. The lowest BCUT2D eigenvalue weighted by molar-refractivity contribution is 0.102. The first kappa shape index (κ1) is 13.9. The fourth-order valence-electron chi connectivity index (χ4n) is 1.86. The molecule has 0 aliphatic rings. The minimum atomic E-state index is -0.204. The Morgan fingerprint density at radius 2 is 1.95 bits per heavy atom. The molecular weight excluding hydrogens is 356 g/mol. The summed E-state index contributed by atoms with van der Waals surface area (Å²) in [6.07, 6.45) is 3.20. The number of ketones is 1. The number of imidazole rings is 1. The minimum Gasteiger partial charge on any atom is -0.285 e. The predicted octanol–water partition coefficient (Wildman–Crippen LogP) is 3.31. The fraction of sp³-hybridized carbons (Fsp3) is 0. The van der Waals surface area contributed by atoms with Gasteiger partial charge < -0.3 is 0 Å². The van der Waals surface area contributed by atoms with Crippen LogP contribution in [0, 0.1) is 0 Å². The summed E-state index contributed by atoms with van der Waals surface area (Å²) < 4.78 is 2.29. The summed E-state index contributed by atoms with van der Waals surface area (Å²) in [5, 5.41) is 8.02. The molecule has 2 aromatic heterocycles.